The van der Waals surface area contributed by atoms with Crippen LogP contribution in [0.25, 0.3) is 10.1 Å². The van der Waals surface area contributed by atoms with E-state index in [1.54, 1.807) is 11.3 Å². The molecule has 0 aliphatic rings. The Morgan fingerprint density at radius 3 is 2.55 bits per heavy atom. The molecule has 1 nitrogen and oxygen atoms in total. The van der Waals surface area contributed by atoms with Crippen molar-refractivity contribution in [3.63, 3.8) is 0 Å². The minimum Gasteiger partial charge on any atom is -0.330 e. The summed E-state index contributed by atoms with van der Waals surface area (Å²) in [7, 11) is 0. The normalized spacial score (nSPS) is 12.7. The molecule has 0 aliphatic carbocycles. The highest BCUT2D eigenvalue weighted by Gasteiger charge is 2.13. The van der Waals surface area contributed by atoms with Crippen LogP contribution in [0, 0.1) is 5.82 Å². The van der Waals surface area contributed by atoms with Gasteiger partial charge in [0.15, 0.2) is 0 Å². The van der Waals surface area contributed by atoms with Crippen LogP contribution in [0.2, 0.25) is 0 Å². The lowest BCUT2D eigenvalue weighted by Gasteiger charge is -2.15. The molecule has 2 N–H and O–H groups in total. The smallest absolute Gasteiger partial charge is 0.123 e. The molecule has 3 rings (SSSR count). The van der Waals surface area contributed by atoms with Crippen LogP contribution in [-0.2, 0) is 6.42 Å². The summed E-state index contributed by atoms with van der Waals surface area (Å²) in [5, 5.41) is 3.51. The van der Waals surface area contributed by atoms with Gasteiger partial charge < -0.3 is 5.73 Å². The van der Waals surface area contributed by atoms with Gasteiger partial charge in [-0.2, -0.15) is 0 Å². The molecule has 20 heavy (non-hydrogen) atoms. The van der Waals surface area contributed by atoms with Crippen LogP contribution in [0.4, 0.5) is 4.39 Å². The molecule has 0 saturated carbocycles. The summed E-state index contributed by atoms with van der Waals surface area (Å²) in [6.45, 7) is 0.565. The molecule has 0 fully saturated rings. The van der Waals surface area contributed by atoms with Gasteiger partial charge >= 0.3 is 0 Å². The standard InChI is InChI=1S/C17H16FNS/c18-15-7-5-12(6-8-15)13(10-19)9-14-11-20-17-4-2-1-3-16(14)17/h1-8,11,13H,9-10,19H2. The Labute approximate surface area is 121 Å². The van der Waals surface area contributed by atoms with Crippen molar-refractivity contribution >= 4 is 21.4 Å². The molecule has 1 unspecified atom stereocenters. The number of thiophene rings is 1. The molecular weight excluding hydrogens is 269 g/mol. The zero-order chi connectivity index (χ0) is 13.9. The second-order valence-electron chi connectivity index (χ2n) is 4.95. The summed E-state index contributed by atoms with van der Waals surface area (Å²) in [6, 6.07) is 15.1. The Morgan fingerprint density at radius 2 is 1.80 bits per heavy atom. The molecule has 102 valence electrons. The molecule has 3 aromatic rings. The molecule has 1 heterocycles. The second-order valence-corrected chi connectivity index (χ2v) is 5.86. The third kappa shape index (κ3) is 2.60. The van der Waals surface area contributed by atoms with E-state index in [1.807, 2.05) is 12.1 Å². The van der Waals surface area contributed by atoms with Gasteiger partial charge in [-0.1, -0.05) is 30.3 Å². The van der Waals surface area contributed by atoms with Crippen LogP contribution in [0.3, 0.4) is 0 Å². The van der Waals surface area contributed by atoms with Gasteiger partial charge in [0.25, 0.3) is 0 Å². The van der Waals surface area contributed by atoms with Crippen molar-refractivity contribution < 1.29 is 4.39 Å². The Hall–Kier alpha value is -1.71. The predicted octanol–water partition coefficient (Wildman–Crippen LogP) is 4.33. The minimum absolute atomic E-state index is 0.203. The molecule has 1 aromatic heterocycles. The first-order valence-corrected chi connectivity index (χ1v) is 7.56. The van der Waals surface area contributed by atoms with E-state index in [1.165, 1.54) is 27.8 Å². The van der Waals surface area contributed by atoms with E-state index in [0.29, 0.717) is 6.54 Å². The van der Waals surface area contributed by atoms with E-state index in [9.17, 15) is 4.39 Å². The zero-order valence-corrected chi connectivity index (χ0v) is 11.9. The number of benzene rings is 2. The highest BCUT2D eigenvalue weighted by Crippen LogP contribution is 2.30. The van der Waals surface area contributed by atoms with Gasteiger partial charge in [-0.3, -0.25) is 0 Å². The van der Waals surface area contributed by atoms with Gasteiger partial charge in [-0.15, -0.1) is 11.3 Å². The van der Waals surface area contributed by atoms with E-state index in [0.717, 1.165) is 12.0 Å². The predicted molar refractivity (Wildman–Crippen MR) is 83.7 cm³/mol. The molecule has 2 aromatic carbocycles. The SMILES string of the molecule is NCC(Cc1csc2ccccc12)c1ccc(F)cc1. The maximum Gasteiger partial charge on any atom is 0.123 e. The third-order valence-corrected chi connectivity index (χ3v) is 4.67. The largest absolute Gasteiger partial charge is 0.330 e. The summed E-state index contributed by atoms with van der Waals surface area (Å²) >= 11 is 1.76. The third-order valence-electron chi connectivity index (χ3n) is 3.65. The van der Waals surface area contributed by atoms with E-state index in [-0.39, 0.29) is 11.7 Å². The fourth-order valence-electron chi connectivity index (χ4n) is 2.53. The Kier molecular flexibility index (Phi) is 3.81. The molecule has 0 radical (unpaired) electrons. The summed E-state index contributed by atoms with van der Waals surface area (Å²) in [6.07, 6.45) is 0.895. The van der Waals surface area contributed by atoms with Crippen LogP contribution in [-0.4, -0.2) is 6.54 Å². The molecule has 1 atom stereocenters. The fourth-order valence-corrected chi connectivity index (χ4v) is 3.50. The molecule has 0 saturated heterocycles. The number of halogens is 1. The zero-order valence-electron chi connectivity index (χ0n) is 11.1. The monoisotopic (exact) mass is 285 g/mol. The number of hydrogen-bond acceptors (Lipinski definition) is 2. The Balaban J connectivity index is 1.89. The lowest BCUT2D eigenvalue weighted by atomic mass is 9.92. The van der Waals surface area contributed by atoms with Gasteiger partial charge in [0.2, 0.25) is 0 Å². The number of nitrogens with two attached hydrogens (primary N) is 1. The first-order chi connectivity index (χ1) is 9.78. The van der Waals surface area contributed by atoms with E-state index in [4.69, 9.17) is 5.73 Å². The quantitative estimate of drug-likeness (QED) is 0.759. The maximum atomic E-state index is 13.0. The van der Waals surface area contributed by atoms with Gasteiger partial charge in [0.05, 0.1) is 0 Å². The number of fused-ring (bicyclic) bond motifs is 1. The van der Waals surface area contributed by atoms with E-state index in [2.05, 4.69) is 29.6 Å². The fraction of sp³-hybridized carbons (Fsp3) is 0.176. The van der Waals surface area contributed by atoms with Crippen molar-refractivity contribution in [2.75, 3.05) is 6.54 Å². The lowest BCUT2D eigenvalue weighted by Crippen LogP contribution is -2.14. The highest BCUT2D eigenvalue weighted by molar-refractivity contribution is 7.17. The van der Waals surface area contributed by atoms with Crippen molar-refractivity contribution in [3.05, 3.63) is 70.9 Å². The molecule has 3 heteroatoms. The van der Waals surface area contributed by atoms with Gasteiger partial charge in [0, 0.05) is 10.6 Å². The minimum atomic E-state index is -0.203. The van der Waals surface area contributed by atoms with Gasteiger partial charge in [0.1, 0.15) is 5.82 Å². The topological polar surface area (TPSA) is 26.0 Å². The second kappa shape index (κ2) is 5.73. The molecule has 0 amide bonds. The van der Waals surface area contributed by atoms with Gasteiger partial charge in [-0.05, 0) is 53.1 Å². The Bertz CT molecular complexity index is 702. The first kappa shape index (κ1) is 13.3. The van der Waals surface area contributed by atoms with Crippen molar-refractivity contribution in [3.8, 4) is 0 Å². The Morgan fingerprint density at radius 1 is 1.05 bits per heavy atom. The van der Waals surface area contributed by atoms with Crippen LogP contribution in [0.1, 0.15) is 17.0 Å². The summed E-state index contributed by atoms with van der Waals surface area (Å²) < 4.78 is 14.3. The molecule has 0 bridgehead atoms. The van der Waals surface area contributed by atoms with Crippen molar-refractivity contribution in [2.45, 2.75) is 12.3 Å². The lowest BCUT2D eigenvalue weighted by molar-refractivity contribution is 0.623. The van der Waals surface area contributed by atoms with Crippen LogP contribution in [0.5, 0.6) is 0 Å². The summed E-state index contributed by atoms with van der Waals surface area (Å²) in [4.78, 5) is 0. The molecule has 0 aliphatic heterocycles. The van der Waals surface area contributed by atoms with Crippen LogP contribution >= 0.6 is 11.3 Å². The average Bonchev–Trinajstić information content (AvgIpc) is 2.89. The molecule has 0 spiro atoms. The highest BCUT2D eigenvalue weighted by atomic mass is 32.1. The summed E-state index contributed by atoms with van der Waals surface area (Å²) in [5.74, 6) is 0.0270. The average molecular weight is 285 g/mol. The van der Waals surface area contributed by atoms with E-state index >= 15 is 0 Å². The number of rotatable bonds is 4. The first-order valence-electron chi connectivity index (χ1n) is 6.68. The van der Waals surface area contributed by atoms with Crippen molar-refractivity contribution in [1.82, 2.24) is 0 Å². The van der Waals surface area contributed by atoms with Gasteiger partial charge in [-0.25, -0.2) is 4.39 Å². The van der Waals surface area contributed by atoms with Crippen molar-refractivity contribution in [1.29, 1.82) is 0 Å². The van der Waals surface area contributed by atoms with Crippen LogP contribution in [0.15, 0.2) is 53.9 Å². The molecular formula is C17H16FNS. The summed E-state index contributed by atoms with van der Waals surface area (Å²) in [5.41, 5.74) is 8.34. The van der Waals surface area contributed by atoms with Crippen molar-refractivity contribution in [2.24, 2.45) is 5.73 Å². The van der Waals surface area contributed by atoms with Crippen LogP contribution < -0.4 is 5.73 Å². The maximum absolute atomic E-state index is 13.0. The van der Waals surface area contributed by atoms with E-state index < -0.39 is 0 Å². The number of hydrogen-bond donors (Lipinski definition) is 1.